The molecule has 0 fully saturated rings. The molecule has 0 spiro atoms. The minimum atomic E-state index is 0.567. The first-order valence-electron chi connectivity index (χ1n) is 4.48. The molecule has 5 heteroatoms. The molecule has 0 saturated heterocycles. The van der Waals surface area contributed by atoms with E-state index in [0.717, 1.165) is 16.4 Å². The highest BCUT2D eigenvalue weighted by Crippen LogP contribution is 2.29. The lowest BCUT2D eigenvalue weighted by molar-refractivity contribution is 0.454. The zero-order valence-electron chi connectivity index (χ0n) is 8.52. The number of pyridine rings is 1. The van der Waals surface area contributed by atoms with E-state index in [1.54, 1.807) is 6.26 Å². The van der Waals surface area contributed by atoms with E-state index in [0.29, 0.717) is 10.9 Å². The topological polar surface area (TPSA) is 64.9 Å². The number of nitrogens with two attached hydrogens (primary N) is 1. The monoisotopic (exact) mass is 221 g/mol. The van der Waals surface area contributed by atoms with E-state index in [2.05, 4.69) is 9.97 Å². The number of nitrogens with zero attached hydrogens (tertiary/aromatic N) is 2. The van der Waals surface area contributed by atoms with Gasteiger partial charge in [0, 0.05) is 5.69 Å². The SMILES string of the molecule is Cc1coc(Sc2nc(C)ccc2N)n1. The van der Waals surface area contributed by atoms with Gasteiger partial charge in [0.1, 0.15) is 11.3 Å². The molecule has 0 unspecified atom stereocenters. The summed E-state index contributed by atoms with van der Waals surface area (Å²) >= 11 is 1.34. The van der Waals surface area contributed by atoms with Crippen molar-refractivity contribution in [1.82, 2.24) is 9.97 Å². The standard InChI is InChI=1S/C10H11N3OS/c1-6-3-4-8(11)9(12-6)15-10-13-7(2)5-14-10/h3-5H,11H2,1-2H3. The molecule has 4 nitrogen and oxygen atoms in total. The molecular formula is C10H11N3OS. The number of hydrogen-bond donors (Lipinski definition) is 1. The minimum absolute atomic E-state index is 0.567. The fourth-order valence-electron chi connectivity index (χ4n) is 1.09. The van der Waals surface area contributed by atoms with Gasteiger partial charge in [0.15, 0.2) is 0 Å². The van der Waals surface area contributed by atoms with Crippen molar-refractivity contribution in [2.24, 2.45) is 0 Å². The molecule has 0 aliphatic heterocycles. The summed E-state index contributed by atoms with van der Waals surface area (Å²) in [5.74, 6) is 0. The Balaban J connectivity index is 2.27. The number of aryl methyl sites for hydroxylation is 2. The molecule has 15 heavy (non-hydrogen) atoms. The van der Waals surface area contributed by atoms with Crippen LogP contribution in [-0.2, 0) is 0 Å². The number of oxazole rings is 1. The van der Waals surface area contributed by atoms with Gasteiger partial charge in [-0.1, -0.05) is 0 Å². The van der Waals surface area contributed by atoms with Crippen LogP contribution in [0.15, 0.2) is 33.1 Å². The summed E-state index contributed by atoms with van der Waals surface area (Å²) in [5.41, 5.74) is 8.21. The Morgan fingerprint density at radius 2 is 2.00 bits per heavy atom. The molecule has 0 saturated carbocycles. The summed E-state index contributed by atoms with van der Waals surface area (Å²) in [6.07, 6.45) is 1.61. The molecule has 0 aliphatic rings. The summed E-state index contributed by atoms with van der Waals surface area (Å²) in [6.45, 7) is 3.80. The smallest absolute Gasteiger partial charge is 0.262 e. The van der Waals surface area contributed by atoms with Gasteiger partial charge in [-0.3, -0.25) is 0 Å². The van der Waals surface area contributed by atoms with Crippen LogP contribution < -0.4 is 5.73 Å². The van der Waals surface area contributed by atoms with Crippen LogP contribution in [0.5, 0.6) is 0 Å². The molecule has 0 atom stereocenters. The molecule has 0 bridgehead atoms. The highest BCUT2D eigenvalue weighted by atomic mass is 32.2. The van der Waals surface area contributed by atoms with Crippen LogP contribution in [0, 0.1) is 13.8 Å². The van der Waals surface area contributed by atoms with Crippen molar-refractivity contribution in [2.45, 2.75) is 24.1 Å². The number of aromatic nitrogens is 2. The molecule has 2 rings (SSSR count). The summed E-state index contributed by atoms with van der Waals surface area (Å²) in [7, 11) is 0. The van der Waals surface area contributed by atoms with Crippen molar-refractivity contribution >= 4 is 17.4 Å². The zero-order valence-corrected chi connectivity index (χ0v) is 9.34. The van der Waals surface area contributed by atoms with Gasteiger partial charge in [-0.05, 0) is 37.7 Å². The maximum atomic E-state index is 5.79. The number of anilines is 1. The predicted molar refractivity (Wildman–Crippen MR) is 58.7 cm³/mol. The Morgan fingerprint density at radius 3 is 2.67 bits per heavy atom. The van der Waals surface area contributed by atoms with E-state index in [9.17, 15) is 0 Å². The molecule has 0 aliphatic carbocycles. The van der Waals surface area contributed by atoms with Crippen LogP contribution in [0.25, 0.3) is 0 Å². The fourth-order valence-corrected chi connectivity index (χ4v) is 1.91. The van der Waals surface area contributed by atoms with Crippen LogP contribution >= 0.6 is 11.8 Å². The Labute approximate surface area is 91.9 Å². The van der Waals surface area contributed by atoms with Gasteiger partial charge in [-0.25, -0.2) is 9.97 Å². The third-order valence-electron chi connectivity index (χ3n) is 1.81. The van der Waals surface area contributed by atoms with Gasteiger partial charge in [-0.15, -0.1) is 0 Å². The van der Waals surface area contributed by atoms with Crippen LogP contribution in [0.3, 0.4) is 0 Å². The second kappa shape index (κ2) is 3.94. The fraction of sp³-hybridized carbons (Fsp3) is 0.200. The van der Waals surface area contributed by atoms with Gasteiger partial charge >= 0.3 is 0 Å². The number of nitrogen functional groups attached to an aromatic ring is 1. The summed E-state index contributed by atoms with van der Waals surface area (Å²) in [4.78, 5) is 8.49. The minimum Gasteiger partial charge on any atom is -0.439 e. The average molecular weight is 221 g/mol. The Kier molecular flexibility index (Phi) is 2.64. The van der Waals surface area contributed by atoms with Crippen molar-refractivity contribution in [3.05, 3.63) is 29.8 Å². The van der Waals surface area contributed by atoms with Crippen molar-refractivity contribution in [3.63, 3.8) is 0 Å². The van der Waals surface area contributed by atoms with E-state index in [1.165, 1.54) is 11.8 Å². The van der Waals surface area contributed by atoms with Gasteiger partial charge in [0.25, 0.3) is 5.22 Å². The third-order valence-corrected chi connectivity index (χ3v) is 2.69. The summed E-state index contributed by atoms with van der Waals surface area (Å²) in [5, 5.41) is 1.30. The van der Waals surface area contributed by atoms with Crippen molar-refractivity contribution in [2.75, 3.05) is 5.73 Å². The second-order valence-electron chi connectivity index (χ2n) is 3.20. The van der Waals surface area contributed by atoms with Crippen LogP contribution in [-0.4, -0.2) is 9.97 Å². The number of hydrogen-bond acceptors (Lipinski definition) is 5. The molecule has 0 aromatic carbocycles. The quantitative estimate of drug-likeness (QED) is 0.843. The number of rotatable bonds is 2. The van der Waals surface area contributed by atoms with Crippen LogP contribution in [0.1, 0.15) is 11.4 Å². The largest absolute Gasteiger partial charge is 0.439 e. The molecule has 2 heterocycles. The Hall–Kier alpha value is -1.49. The van der Waals surface area contributed by atoms with E-state index in [1.807, 2.05) is 26.0 Å². The average Bonchev–Trinajstić information content (AvgIpc) is 2.58. The summed E-state index contributed by atoms with van der Waals surface area (Å²) < 4.78 is 5.22. The van der Waals surface area contributed by atoms with Crippen LogP contribution in [0.2, 0.25) is 0 Å². The first-order chi connectivity index (χ1) is 7.15. The van der Waals surface area contributed by atoms with E-state index < -0.39 is 0 Å². The van der Waals surface area contributed by atoms with Crippen molar-refractivity contribution < 1.29 is 4.42 Å². The Bertz CT molecular complexity index is 481. The zero-order chi connectivity index (χ0) is 10.8. The first kappa shape index (κ1) is 10.0. The maximum absolute atomic E-state index is 5.79. The lowest BCUT2D eigenvalue weighted by Crippen LogP contribution is -1.93. The predicted octanol–water partition coefficient (Wildman–Crippen LogP) is 2.42. The van der Waals surface area contributed by atoms with Gasteiger partial charge in [0.05, 0.1) is 11.4 Å². The van der Waals surface area contributed by atoms with Gasteiger partial charge < -0.3 is 10.2 Å². The molecule has 0 radical (unpaired) electrons. The highest BCUT2D eigenvalue weighted by Gasteiger charge is 2.08. The molecule has 0 amide bonds. The maximum Gasteiger partial charge on any atom is 0.262 e. The third kappa shape index (κ3) is 2.30. The molecular weight excluding hydrogens is 210 g/mol. The second-order valence-corrected chi connectivity index (χ2v) is 4.14. The molecule has 2 N–H and O–H groups in total. The van der Waals surface area contributed by atoms with Crippen LogP contribution in [0.4, 0.5) is 5.69 Å². The van der Waals surface area contributed by atoms with Gasteiger partial charge in [-0.2, -0.15) is 0 Å². The van der Waals surface area contributed by atoms with Crippen molar-refractivity contribution in [3.8, 4) is 0 Å². The lowest BCUT2D eigenvalue weighted by Gasteiger charge is -2.01. The summed E-state index contributed by atoms with van der Waals surface area (Å²) in [6, 6.07) is 3.71. The first-order valence-corrected chi connectivity index (χ1v) is 5.30. The van der Waals surface area contributed by atoms with E-state index in [-0.39, 0.29) is 0 Å². The van der Waals surface area contributed by atoms with Gasteiger partial charge in [0.2, 0.25) is 0 Å². The van der Waals surface area contributed by atoms with E-state index in [4.69, 9.17) is 10.2 Å². The molecule has 2 aromatic heterocycles. The van der Waals surface area contributed by atoms with Crippen molar-refractivity contribution in [1.29, 1.82) is 0 Å². The highest BCUT2D eigenvalue weighted by molar-refractivity contribution is 7.99. The lowest BCUT2D eigenvalue weighted by atomic mass is 10.3. The van der Waals surface area contributed by atoms with E-state index >= 15 is 0 Å². The normalized spacial score (nSPS) is 10.5. The molecule has 2 aromatic rings. The molecule has 78 valence electrons. The Morgan fingerprint density at radius 1 is 1.20 bits per heavy atom.